The SMILES string of the molecule is CC=C(C)C1C(=O)C(O)C=CC1(OC)OC. The van der Waals surface area contributed by atoms with Crippen molar-refractivity contribution in [1.82, 2.24) is 0 Å². The first-order valence-electron chi connectivity index (χ1n) is 5.16. The van der Waals surface area contributed by atoms with Crippen LogP contribution in [0.25, 0.3) is 0 Å². The number of aliphatic hydroxyl groups is 1. The number of methoxy groups -OCH3 is 2. The zero-order valence-electron chi connectivity index (χ0n) is 10.1. The van der Waals surface area contributed by atoms with Gasteiger partial charge in [-0.1, -0.05) is 11.6 Å². The van der Waals surface area contributed by atoms with E-state index >= 15 is 0 Å². The summed E-state index contributed by atoms with van der Waals surface area (Å²) >= 11 is 0. The van der Waals surface area contributed by atoms with Crippen molar-refractivity contribution < 1.29 is 19.4 Å². The summed E-state index contributed by atoms with van der Waals surface area (Å²) in [5.74, 6) is -2.01. The third kappa shape index (κ3) is 1.96. The first kappa shape index (κ1) is 13.1. The second kappa shape index (κ2) is 4.91. The first-order valence-corrected chi connectivity index (χ1v) is 5.16. The molecule has 0 amide bonds. The number of ether oxygens (including phenoxy) is 2. The third-order valence-corrected chi connectivity index (χ3v) is 3.04. The Labute approximate surface area is 95.6 Å². The van der Waals surface area contributed by atoms with Crippen molar-refractivity contribution in [3.05, 3.63) is 23.8 Å². The zero-order chi connectivity index (χ0) is 12.3. The summed E-state index contributed by atoms with van der Waals surface area (Å²) < 4.78 is 10.6. The van der Waals surface area contributed by atoms with Gasteiger partial charge in [-0.25, -0.2) is 0 Å². The molecular formula is C12H18O4. The van der Waals surface area contributed by atoms with Gasteiger partial charge in [0.2, 0.25) is 5.79 Å². The third-order valence-electron chi connectivity index (χ3n) is 3.04. The van der Waals surface area contributed by atoms with Gasteiger partial charge < -0.3 is 14.6 Å². The molecule has 1 rings (SSSR count). The lowest BCUT2D eigenvalue weighted by Crippen LogP contribution is -2.50. The van der Waals surface area contributed by atoms with Crippen molar-refractivity contribution in [1.29, 1.82) is 0 Å². The predicted molar refractivity (Wildman–Crippen MR) is 59.8 cm³/mol. The minimum Gasteiger partial charge on any atom is -0.381 e. The number of Topliss-reactive ketones (excluding diaryl/α,β-unsaturated/α-hetero) is 1. The molecule has 16 heavy (non-hydrogen) atoms. The molecule has 0 heterocycles. The quantitative estimate of drug-likeness (QED) is 0.577. The fourth-order valence-electron chi connectivity index (χ4n) is 1.95. The maximum atomic E-state index is 12.0. The Morgan fingerprint density at radius 2 is 2.06 bits per heavy atom. The molecule has 0 aromatic heterocycles. The van der Waals surface area contributed by atoms with E-state index < -0.39 is 17.8 Å². The lowest BCUT2D eigenvalue weighted by atomic mass is 9.80. The highest BCUT2D eigenvalue weighted by molar-refractivity contribution is 5.91. The van der Waals surface area contributed by atoms with Crippen LogP contribution in [0.4, 0.5) is 0 Å². The molecule has 0 fully saturated rings. The summed E-state index contributed by atoms with van der Waals surface area (Å²) in [6.07, 6.45) is 3.73. The molecule has 2 atom stereocenters. The smallest absolute Gasteiger partial charge is 0.201 e. The van der Waals surface area contributed by atoms with Crippen LogP contribution < -0.4 is 0 Å². The lowest BCUT2D eigenvalue weighted by molar-refractivity contribution is -0.203. The molecule has 90 valence electrons. The van der Waals surface area contributed by atoms with Crippen LogP contribution in [0.3, 0.4) is 0 Å². The van der Waals surface area contributed by atoms with Crippen molar-refractivity contribution in [3.63, 3.8) is 0 Å². The topological polar surface area (TPSA) is 55.8 Å². The highest BCUT2D eigenvalue weighted by atomic mass is 16.7. The molecule has 0 aromatic carbocycles. The molecule has 4 heteroatoms. The van der Waals surface area contributed by atoms with E-state index in [4.69, 9.17) is 9.47 Å². The number of ketones is 1. The molecule has 0 aliphatic heterocycles. The van der Waals surface area contributed by atoms with Gasteiger partial charge in [0.15, 0.2) is 5.78 Å². The molecule has 1 aliphatic rings. The Morgan fingerprint density at radius 1 is 1.50 bits per heavy atom. The summed E-state index contributed by atoms with van der Waals surface area (Å²) in [5, 5.41) is 9.54. The number of hydrogen-bond acceptors (Lipinski definition) is 4. The Balaban J connectivity index is 3.24. The summed E-state index contributed by atoms with van der Waals surface area (Å²) in [6, 6.07) is 0. The van der Waals surface area contributed by atoms with Crippen LogP contribution in [0.15, 0.2) is 23.8 Å². The van der Waals surface area contributed by atoms with E-state index in [2.05, 4.69) is 0 Å². The highest BCUT2D eigenvalue weighted by Gasteiger charge is 2.47. The average molecular weight is 226 g/mol. The minimum absolute atomic E-state index is 0.304. The largest absolute Gasteiger partial charge is 0.381 e. The first-order chi connectivity index (χ1) is 7.52. The molecule has 0 bridgehead atoms. The fourth-order valence-corrected chi connectivity index (χ4v) is 1.95. The Hall–Kier alpha value is -0.970. The second-order valence-electron chi connectivity index (χ2n) is 3.80. The standard InChI is InChI=1S/C12H18O4/c1-5-8(2)10-11(14)9(13)6-7-12(10,15-3)16-4/h5-7,9-10,13H,1-4H3. The molecule has 0 spiro atoms. The van der Waals surface area contributed by atoms with Gasteiger partial charge in [-0.3, -0.25) is 4.79 Å². The summed E-state index contributed by atoms with van der Waals surface area (Å²) in [7, 11) is 2.96. The maximum absolute atomic E-state index is 12.0. The molecule has 1 N–H and O–H groups in total. The Kier molecular flexibility index (Phi) is 4.02. The number of carbonyl (C=O) groups is 1. The predicted octanol–water partition coefficient (Wildman–Crippen LogP) is 1.06. The van der Waals surface area contributed by atoms with Crippen LogP contribution in [0, 0.1) is 5.92 Å². The maximum Gasteiger partial charge on any atom is 0.201 e. The molecule has 0 aromatic rings. The van der Waals surface area contributed by atoms with E-state index in [1.807, 2.05) is 19.9 Å². The van der Waals surface area contributed by atoms with Crippen LogP contribution in [0.2, 0.25) is 0 Å². The molecule has 2 unspecified atom stereocenters. The van der Waals surface area contributed by atoms with Crippen LogP contribution in [0.5, 0.6) is 0 Å². The van der Waals surface area contributed by atoms with Gasteiger partial charge in [-0.05, 0) is 26.0 Å². The average Bonchev–Trinajstić information content (AvgIpc) is 2.32. The molecule has 1 aliphatic carbocycles. The van der Waals surface area contributed by atoms with Crippen LogP contribution in [-0.2, 0) is 14.3 Å². The van der Waals surface area contributed by atoms with Gasteiger partial charge in [-0.15, -0.1) is 0 Å². The van der Waals surface area contributed by atoms with Crippen LogP contribution in [-0.4, -0.2) is 37.0 Å². The number of hydrogen-bond donors (Lipinski definition) is 1. The number of rotatable bonds is 3. The van der Waals surface area contributed by atoms with Gasteiger partial charge >= 0.3 is 0 Å². The van der Waals surface area contributed by atoms with Crippen molar-refractivity contribution in [2.75, 3.05) is 14.2 Å². The van der Waals surface area contributed by atoms with E-state index in [1.165, 1.54) is 20.3 Å². The minimum atomic E-state index is -1.10. The Morgan fingerprint density at radius 3 is 2.50 bits per heavy atom. The molecule has 4 nitrogen and oxygen atoms in total. The Bertz CT molecular complexity index is 326. The van der Waals surface area contributed by atoms with Gasteiger partial charge in [0.25, 0.3) is 0 Å². The number of aliphatic hydroxyl groups excluding tert-OH is 1. The van der Waals surface area contributed by atoms with Crippen molar-refractivity contribution in [2.24, 2.45) is 5.92 Å². The number of carbonyl (C=O) groups excluding carboxylic acids is 1. The molecule has 0 saturated heterocycles. The molecular weight excluding hydrogens is 208 g/mol. The lowest BCUT2D eigenvalue weighted by Gasteiger charge is -2.38. The number of allylic oxidation sites excluding steroid dienone is 1. The summed E-state index contributed by atoms with van der Waals surface area (Å²) in [4.78, 5) is 12.0. The summed E-state index contributed by atoms with van der Waals surface area (Å²) in [6.45, 7) is 3.66. The van der Waals surface area contributed by atoms with E-state index in [9.17, 15) is 9.90 Å². The van der Waals surface area contributed by atoms with Crippen LogP contribution >= 0.6 is 0 Å². The highest BCUT2D eigenvalue weighted by Crippen LogP contribution is 2.35. The van der Waals surface area contributed by atoms with E-state index in [0.29, 0.717) is 0 Å². The van der Waals surface area contributed by atoms with Crippen molar-refractivity contribution >= 4 is 5.78 Å². The molecule has 0 saturated carbocycles. The molecule has 0 radical (unpaired) electrons. The fraction of sp³-hybridized carbons (Fsp3) is 0.583. The van der Waals surface area contributed by atoms with Gasteiger partial charge in [0, 0.05) is 14.2 Å². The van der Waals surface area contributed by atoms with Crippen LogP contribution in [0.1, 0.15) is 13.8 Å². The van der Waals surface area contributed by atoms with Gasteiger partial charge in [0.05, 0.1) is 5.92 Å². The monoisotopic (exact) mass is 226 g/mol. The van der Waals surface area contributed by atoms with E-state index in [1.54, 1.807) is 6.08 Å². The van der Waals surface area contributed by atoms with Gasteiger partial charge in [-0.2, -0.15) is 0 Å². The zero-order valence-corrected chi connectivity index (χ0v) is 10.1. The normalized spacial score (nSPS) is 29.6. The van der Waals surface area contributed by atoms with E-state index in [-0.39, 0.29) is 5.78 Å². The summed E-state index contributed by atoms with van der Waals surface area (Å²) in [5.41, 5.74) is 0.817. The van der Waals surface area contributed by atoms with Crippen molar-refractivity contribution in [2.45, 2.75) is 25.7 Å². The second-order valence-corrected chi connectivity index (χ2v) is 3.80. The van der Waals surface area contributed by atoms with Gasteiger partial charge in [0.1, 0.15) is 6.10 Å². The van der Waals surface area contributed by atoms with E-state index in [0.717, 1.165) is 5.57 Å². The van der Waals surface area contributed by atoms with Crippen molar-refractivity contribution in [3.8, 4) is 0 Å².